The molecule has 0 aromatic carbocycles. The summed E-state index contributed by atoms with van der Waals surface area (Å²) in [6.07, 6.45) is -1.89. The molecule has 21 heavy (non-hydrogen) atoms. The molecule has 9 heteroatoms. The molecule has 1 aromatic heterocycles. The van der Waals surface area contributed by atoms with E-state index in [1.165, 1.54) is 0 Å². The molecular weight excluding hydrogens is 287 g/mol. The van der Waals surface area contributed by atoms with Crippen LogP contribution in [0.15, 0.2) is 0 Å². The van der Waals surface area contributed by atoms with Crippen molar-refractivity contribution in [2.75, 3.05) is 18.4 Å². The highest BCUT2D eigenvalue weighted by molar-refractivity contribution is 5.87. The fourth-order valence-corrected chi connectivity index (χ4v) is 2.25. The summed E-state index contributed by atoms with van der Waals surface area (Å²) >= 11 is 0. The first kappa shape index (κ1) is 15.6. The molecule has 118 valence electrons. The SMILES string of the molecule is CC1(C)CCCN(C(=O)Nc2n[nH]c(C(F)(F)F)n2)CC1. The topological polar surface area (TPSA) is 73.9 Å². The van der Waals surface area contributed by atoms with E-state index in [-0.39, 0.29) is 11.4 Å². The van der Waals surface area contributed by atoms with E-state index in [4.69, 9.17) is 0 Å². The van der Waals surface area contributed by atoms with Gasteiger partial charge in [-0.05, 0) is 24.7 Å². The quantitative estimate of drug-likeness (QED) is 0.838. The van der Waals surface area contributed by atoms with Gasteiger partial charge in [0.1, 0.15) is 0 Å². The molecule has 0 unspecified atom stereocenters. The molecule has 2 rings (SSSR count). The van der Waals surface area contributed by atoms with Crippen LogP contribution in [-0.2, 0) is 6.18 Å². The maximum absolute atomic E-state index is 12.4. The van der Waals surface area contributed by atoms with Crippen molar-refractivity contribution in [1.29, 1.82) is 0 Å². The minimum absolute atomic E-state index is 0.170. The van der Waals surface area contributed by atoms with Crippen LogP contribution < -0.4 is 5.32 Å². The largest absolute Gasteiger partial charge is 0.451 e. The average molecular weight is 305 g/mol. The first-order valence-electron chi connectivity index (χ1n) is 6.73. The highest BCUT2D eigenvalue weighted by Gasteiger charge is 2.35. The van der Waals surface area contributed by atoms with E-state index in [1.807, 2.05) is 0 Å². The molecular formula is C12H18F3N5O. The standard InChI is InChI=1S/C12H18F3N5O/c1-11(2)4-3-6-20(7-5-11)10(21)17-9-16-8(18-19-9)12(13,14)15/h3-7H2,1-2H3,(H2,16,17,18,19,21). The lowest BCUT2D eigenvalue weighted by molar-refractivity contribution is -0.144. The first-order chi connectivity index (χ1) is 9.67. The number of aromatic amines is 1. The molecule has 1 aliphatic heterocycles. The van der Waals surface area contributed by atoms with Gasteiger partial charge in [0, 0.05) is 13.1 Å². The van der Waals surface area contributed by atoms with Crippen molar-refractivity contribution in [3.63, 3.8) is 0 Å². The Morgan fingerprint density at radius 1 is 1.33 bits per heavy atom. The summed E-state index contributed by atoms with van der Waals surface area (Å²) in [4.78, 5) is 16.8. The Morgan fingerprint density at radius 3 is 2.67 bits per heavy atom. The van der Waals surface area contributed by atoms with Gasteiger partial charge in [-0.2, -0.15) is 18.2 Å². The number of likely N-dealkylation sites (tertiary alicyclic amines) is 1. The lowest BCUT2D eigenvalue weighted by atomic mass is 9.85. The Labute approximate surface area is 120 Å². The predicted molar refractivity (Wildman–Crippen MR) is 69.6 cm³/mol. The predicted octanol–water partition coefficient (Wildman–Crippen LogP) is 2.87. The third-order valence-electron chi connectivity index (χ3n) is 3.60. The van der Waals surface area contributed by atoms with Crippen LogP contribution >= 0.6 is 0 Å². The number of urea groups is 1. The Kier molecular flexibility index (Phi) is 4.11. The Hall–Kier alpha value is -1.80. The molecule has 0 radical (unpaired) electrons. The van der Waals surface area contributed by atoms with Crippen LogP contribution in [0.1, 0.15) is 38.9 Å². The van der Waals surface area contributed by atoms with E-state index >= 15 is 0 Å². The van der Waals surface area contributed by atoms with Gasteiger partial charge in [0.15, 0.2) is 0 Å². The van der Waals surface area contributed by atoms with Crippen LogP contribution in [0.2, 0.25) is 0 Å². The fraction of sp³-hybridized carbons (Fsp3) is 0.750. The van der Waals surface area contributed by atoms with Gasteiger partial charge in [-0.1, -0.05) is 13.8 Å². The summed E-state index contributed by atoms with van der Waals surface area (Å²) in [5.41, 5.74) is 0.170. The molecule has 0 bridgehead atoms. The zero-order valence-corrected chi connectivity index (χ0v) is 11.9. The molecule has 0 atom stereocenters. The van der Waals surface area contributed by atoms with Gasteiger partial charge < -0.3 is 4.90 Å². The van der Waals surface area contributed by atoms with Crippen LogP contribution in [0.25, 0.3) is 0 Å². The number of carbonyl (C=O) groups excluding carboxylic acids is 1. The third-order valence-corrected chi connectivity index (χ3v) is 3.60. The van der Waals surface area contributed by atoms with Crippen molar-refractivity contribution in [1.82, 2.24) is 20.1 Å². The number of carbonyl (C=O) groups is 1. The maximum Gasteiger partial charge on any atom is 0.451 e. The van der Waals surface area contributed by atoms with Crippen LogP contribution in [0.5, 0.6) is 0 Å². The minimum Gasteiger partial charge on any atom is -0.324 e. The Balaban J connectivity index is 1.97. The van der Waals surface area contributed by atoms with Gasteiger partial charge in [0.2, 0.25) is 11.8 Å². The molecule has 2 amide bonds. The molecule has 2 heterocycles. The first-order valence-corrected chi connectivity index (χ1v) is 6.73. The number of nitrogens with zero attached hydrogens (tertiary/aromatic N) is 3. The molecule has 1 fully saturated rings. The smallest absolute Gasteiger partial charge is 0.324 e. The van der Waals surface area contributed by atoms with Crippen LogP contribution in [0.3, 0.4) is 0 Å². The number of H-pyrrole nitrogens is 1. The Bertz CT molecular complexity index is 511. The summed E-state index contributed by atoms with van der Waals surface area (Å²) in [6, 6.07) is -0.472. The average Bonchev–Trinajstić information content (AvgIpc) is 2.73. The molecule has 2 N–H and O–H groups in total. The van der Waals surface area contributed by atoms with E-state index in [0.29, 0.717) is 13.1 Å². The number of alkyl halides is 3. The summed E-state index contributed by atoms with van der Waals surface area (Å²) in [7, 11) is 0. The molecule has 6 nitrogen and oxygen atoms in total. The summed E-state index contributed by atoms with van der Waals surface area (Å²) in [6.45, 7) is 5.42. The maximum atomic E-state index is 12.4. The van der Waals surface area contributed by atoms with Gasteiger partial charge in [-0.25, -0.2) is 4.79 Å². The van der Waals surface area contributed by atoms with Gasteiger partial charge in [-0.3, -0.25) is 10.4 Å². The van der Waals surface area contributed by atoms with Crippen molar-refractivity contribution >= 4 is 12.0 Å². The number of rotatable bonds is 1. The normalized spacial score (nSPS) is 19.2. The monoisotopic (exact) mass is 305 g/mol. The molecule has 1 saturated heterocycles. The van der Waals surface area contributed by atoms with E-state index in [1.54, 1.807) is 10.00 Å². The van der Waals surface area contributed by atoms with Crippen molar-refractivity contribution in [3.05, 3.63) is 5.82 Å². The summed E-state index contributed by atoms with van der Waals surface area (Å²) < 4.78 is 37.1. The summed E-state index contributed by atoms with van der Waals surface area (Å²) in [5, 5.41) is 7.41. The lowest BCUT2D eigenvalue weighted by Gasteiger charge is -2.23. The molecule has 0 saturated carbocycles. The van der Waals surface area contributed by atoms with Crippen molar-refractivity contribution in [3.8, 4) is 0 Å². The van der Waals surface area contributed by atoms with Gasteiger partial charge in [-0.15, -0.1) is 5.10 Å². The number of aromatic nitrogens is 3. The highest BCUT2D eigenvalue weighted by Crippen LogP contribution is 2.30. The van der Waals surface area contributed by atoms with Gasteiger partial charge >= 0.3 is 12.2 Å². The molecule has 1 aromatic rings. The van der Waals surface area contributed by atoms with Crippen LogP contribution in [-0.4, -0.2) is 39.2 Å². The number of hydrogen-bond acceptors (Lipinski definition) is 3. The van der Waals surface area contributed by atoms with E-state index in [0.717, 1.165) is 19.3 Å². The van der Waals surface area contributed by atoms with Crippen molar-refractivity contribution < 1.29 is 18.0 Å². The zero-order valence-electron chi connectivity index (χ0n) is 11.9. The van der Waals surface area contributed by atoms with Crippen molar-refractivity contribution in [2.45, 2.75) is 39.3 Å². The third kappa shape index (κ3) is 4.08. The van der Waals surface area contributed by atoms with Crippen LogP contribution in [0, 0.1) is 5.41 Å². The number of halogens is 3. The highest BCUT2D eigenvalue weighted by atomic mass is 19.4. The van der Waals surface area contributed by atoms with E-state index in [2.05, 4.69) is 29.2 Å². The van der Waals surface area contributed by atoms with Gasteiger partial charge in [0.25, 0.3) is 0 Å². The second kappa shape index (κ2) is 5.53. The number of hydrogen-bond donors (Lipinski definition) is 2. The molecule has 0 aliphatic carbocycles. The fourth-order valence-electron chi connectivity index (χ4n) is 2.25. The van der Waals surface area contributed by atoms with Gasteiger partial charge in [0.05, 0.1) is 0 Å². The second-order valence-electron chi connectivity index (χ2n) is 5.94. The van der Waals surface area contributed by atoms with Crippen molar-refractivity contribution in [2.24, 2.45) is 5.41 Å². The van der Waals surface area contributed by atoms with Crippen LogP contribution in [0.4, 0.5) is 23.9 Å². The van der Waals surface area contributed by atoms with E-state index < -0.39 is 18.0 Å². The Morgan fingerprint density at radius 2 is 2.05 bits per heavy atom. The zero-order chi connectivity index (χ0) is 15.7. The number of amides is 2. The molecule has 0 spiro atoms. The second-order valence-corrected chi connectivity index (χ2v) is 5.94. The number of anilines is 1. The summed E-state index contributed by atoms with van der Waals surface area (Å²) in [5.74, 6) is -1.59. The molecule has 1 aliphatic rings. The lowest BCUT2D eigenvalue weighted by Crippen LogP contribution is -2.36. The minimum atomic E-state index is -4.61. The van der Waals surface area contributed by atoms with E-state index in [9.17, 15) is 18.0 Å². The number of nitrogens with one attached hydrogen (secondary N) is 2.